The molecule has 36 heavy (non-hydrogen) atoms. The largest absolute Gasteiger partial charge is 0.508 e. The zero-order valence-electron chi connectivity index (χ0n) is 22.0. The van der Waals surface area contributed by atoms with Gasteiger partial charge in [0.2, 0.25) is 11.8 Å². The van der Waals surface area contributed by atoms with Crippen LogP contribution in [0.25, 0.3) is 0 Å². The van der Waals surface area contributed by atoms with Crippen molar-refractivity contribution < 1.29 is 33.8 Å². The molecule has 0 heterocycles. The van der Waals surface area contributed by atoms with Gasteiger partial charge < -0.3 is 30.1 Å². The van der Waals surface area contributed by atoms with Crippen molar-refractivity contribution in [2.45, 2.75) is 65.1 Å². The summed E-state index contributed by atoms with van der Waals surface area (Å²) in [7, 11) is 0. The highest BCUT2D eigenvalue weighted by Gasteiger charge is 2.35. The Morgan fingerprint density at radius 2 is 1.86 bits per heavy atom. The lowest BCUT2D eigenvalue weighted by atomic mass is 10.0. The molecular formula is C25H39N3O7S. The number of phenolic OH excluding ortho intramolecular Hbond substituents is 1. The predicted molar refractivity (Wildman–Crippen MR) is 139 cm³/mol. The van der Waals surface area contributed by atoms with Crippen LogP contribution in [-0.2, 0) is 23.9 Å². The van der Waals surface area contributed by atoms with Crippen molar-refractivity contribution in [3.8, 4) is 5.75 Å². The molecule has 1 aromatic carbocycles. The lowest BCUT2D eigenvalue weighted by molar-refractivity contribution is -0.144. The monoisotopic (exact) mass is 525 g/mol. The van der Waals surface area contributed by atoms with Crippen molar-refractivity contribution in [1.82, 2.24) is 15.5 Å². The molecule has 2 unspecified atom stereocenters. The number of esters is 1. The first kappa shape index (κ1) is 31.1. The van der Waals surface area contributed by atoms with Gasteiger partial charge in [0.25, 0.3) is 0 Å². The van der Waals surface area contributed by atoms with Crippen LogP contribution in [-0.4, -0.2) is 77.2 Å². The van der Waals surface area contributed by atoms with E-state index in [2.05, 4.69) is 10.6 Å². The average Bonchev–Trinajstić information content (AvgIpc) is 2.78. The minimum Gasteiger partial charge on any atom is -0.508 e. The Labute approximate surface area is 217 Å². The summed E-state index contributed by atoms with van der Waals surface area (Å²) < 4.78 is 10.2. The molecule has 0 aromatic heterocycles. The number of carbonyl (C=O) groups excluding carboxylic acids is 4. The van der Waals surface area contributed by atoms with Crippen LogP contribution >= 0.6 is 11.8 Å². The van der Waals surface area contributed by atoms with Gasteiger partial charge in [0, 0.05) is 13.1 Å². The standard InChI is InChI=1S/C25H39N3O7S/c1-7-28(23(32)19(13-15-36-6)27-24(33)35-25(3,4)5)21(17-10-9-11-18(29)16-17)22(31)26-14-12-20(30)34-8-2/h9-11,16,19,21,29H,7-8,12-15H2,1-6H3,(H,26,31)(H,27,33). The fourth-order valence-electron chi connectivity index (χ4n) is 3.39. The number of nitrogens with zero attached hydrogens (tertiary/aromatic N) is 1. The summed E-state index contributed by atoms with van der Waals surface area (Å²) in [4.78, 5) is 52.4. The van der Waals surface area contributed by atoms with E-state index in [1.165, 1.54) is 28.8 Å². The van der Waals surface area contributed by atoms with Gasteiger partial charge in [-0.3, -0.25) is 14.4 Å². The van der Waals surface area contributed by atoms with E-state index in [1.54, 1.807) is 46.8 Å². The van der Waals surface area contributed by atoms with E-state index in [1.807, 2.05) is 6.26 Å². The van der Waals surface area contributed by atoms with E-state index in [0.717, 1.165) is 0 Å². The molecule has 0 saturated heterocycles. The van der Waals surface area contributed by atoms with Gasteiger partial charge in [-0.2, -0.15) is 11.8 Å². The topological polar surface area (TPSA) is 134 Å². The molecule has 0 aliphatic carbocycles. The maximum absolute atomic E-state index is 13.7. The molecule has 0 radical (unpaired) electrons. The Hall–Kier alpha value is -2.95. The van der Waals surface area contributed by atoms with Crippen molar-refractivity contribution in [3.05, 3.63) is 29.8 Å². The third-order valence-electron chi connectivity index (χ3n) is 4.90. The van der Waals surface area contributed by atoms with Crippen LogP contribution in [0.3, 0.4) is 0 Å². The number of thioether (sulfide) groups is 1. The zero-order chi connectivity index (χ0) is 27.3. The molecular weight excluding hydrogens is 486 g/mol. The maximum Gasteiger partial charge on any atom is 0.408 e. The summed E-state index contributed by atoms with van der Waals surface area (Å²) in [5.74, 6) is -0.918. The molecule has 3 amide bonds. The number of phenols is 1. The van der Waals surface area contributed by atoms with E-state index in [0.29, 0.717) is 17.7 Å². The quantitative estimate of drug-likeness (QED) is 0.335. The highest BCUT2D eigenvalue weighted by atomic mass is 32.2. The van der Waals surface area contributed by atoms with E-state index < -0.39 is 41.6 Å². The first-order valence-electron chi connectivity index (χ1n) is 11.9. The van der Waals surface area contributed by atoms with Gasteiger partial charge in [-0.15, -0.1) is 0 Å². The molecule has 0 fully saturated rings. The number of hydrogen-bond acceptors (Lipinski definition) is 8. The van der Waals surface area contributed by atoms with Crippen molar-refractivity contribution in [2.75, 3.05) is 31.7 Å². The summed E-state index contributed by atoms with van der Waals surface area (Å²) in [5.41, 5.74) is -0.357. The van der Waals surface area contributed by atoms with Gasteiger partial charge in [0.05, 0.1) is 13.0 Å². The normalized spacial score (nSPS) is 12.7. The van der Waals surface area contributed by atoms with Crippen LogP contribution in [0.1, 0.15) is 59.1 Å². The van der Waals surface area contributed by atoms with Crippen molar-refractivity contribution in [1.29, 1.82) is 0 Å². The number of alkyl carbamates (subject to hydrolysis) is 1. The molecule has 3 N–H and O–H groups in total. The Bertz CT molecular complexity index is 889. The second-order valence-electron chi connectivity index (χ2n) is 8.95. The fourth-order valence-corrected chi connectivity index (χ4v) is 3.87. The number of nitrogens with one attached hydrogen (secondary N) is 2. The zero-order valence-corrected chi connectivity index (χ0v) is 22.8. The summed E-state index contributed by atoms with van der Waals surface area (Å²) in [5, 5.41) is 15.4. The van der Waals surface area contributed by atoms with Gasteiger partial charge in [-0.05, 0) is 70.7 Å². The predicted octanol–water partition coefficient (Wildman–Crippen LogP) is 3.00. The summed E-state index contributed by atoms with van der Waals surface area (Å²) in [6.45, 7) is 8.99. The second-order valence-corrected chi connectivity index (χ2v) is 9.93. The molecule has 10 nitrogen and oxygen atoms in total. The molecule has 0 aliphatic heterocycles. The molecule has 0 saturated carbocycles. The Morgan fingerprint density at radius 1 is 1.17 bits per heavy atom. The smallest absolute Gasteiger partial charge is 0.408 e. The van der Waals surface area contributed by atoms with Crippen molar-refractivity contribution in [3.63, 3.8) is 0 Å². The van der Waals surface area contributed by atoms with Crippen LogP contribution in [0.5, 0.6) is 5.75 Å². The minimum absolute atomic E-state index is 0.0186. The van der Waals surface area contributed by atoms with Crippen LogP contribution in [0.2, 0.25) is 0 Å². The Balaban J connectivity index is 3.24. The van der Waals surface area contributed by atoms with Gasteiger partial charge in [-0.25, -0.2) is 4.79 Å². The van der Waals surface area contributed by atoms with Crippen LogP contribution in [0.15, 0.2) is 24.3 Å². The van der Waals surface area contributed by atoms with Crippen LogP contribution in [0.4, 0.5) is 4.79 Å². The third kappa shape index (κ3) is 10.8. The lowest BCUT2D eigenvalue weighted by Gasteiger charge is -2.33. The van der Waals surface area contributed by atoms with E-state index in [-0.39, 0.29) is 31.9 Å². The fraction of sp³-hybridized carbons (Fsp3) is 0.600. The number of aromatic hydroxyl groups is 1. The second kappa shape index (κ2) is 15.2. The highest BCUT2D eigenvalue weighted by molar-refractivity contribution is 7.98. The highest BCUT2D eigenvalue weighted by Crippen LogP contribution is 2.26. The number of hydrogen-bond donors (Lipinski definition) is 3. The van der Waals surface area contributed by atoms with E-state index in [9.17, 15) is 24.3 Å². The van der Waals surface area contributed by atoms with Crippen LogP contribution < -0.4 is 10.6 Å². The Morgan fingerprint density at radius 3 is 2.42 bits per heavy atom. The molecule has 202 valence electrons. The number of amides is 3. The first-order valence-corrected chi connectivity index (χ1v) is 13.3. The SMILES string of the molecule is CCOC(=O)CCNC(=O)C(c1cccc(O)c1)N(CC)C(=O)C(CCSC)NC(=O)OC(C)(C)C. The molecule has 1 rings (SSSR count). The van der Waals surface area contributed by atoms with Gasteiger partial charge >= 0.3 is 12.1 Å². The first-order chi connectivity index (χ1) is 16.9. The van der Waals surface area contributed by atoms with Gasteiger partial charge in [-0.1, -0.05) is 12.1 Å². The number of rotatable bonds is 13. The summed E-state index contributed by atoms with van der Waals surface area (Å²) in [6, 6.07) is 4.04. The van der Waals surface area contributed by atoms with Crippen LogP contribution in [0, 0.1) is 0 Å². The number of carbonyl (C=O) groups is 4. The molecule has 1 aromatic rings. The molecule has 0 bridgehead atoms. The van der Waals surface area contributed by atoms with E-state index in [4.69, 9.17) is 9.47 Å². The molecule has 11 heteroatoms. The summed E-state index contributed by atoms with van der Waals surface area (Å²) >= 11 is 1.52. The van der Waals surface area contributed by atoms with Gasteiger partial charge in [0.1, 0.15) is 23.4 Å². The third-order valence-corrected chi connectivity index (χ3v) is 5.55. The van der Waals surface area contributed by atoms with Crippen molar-refractivity contribution in [2.24, 2.45) is 0 Å². The molecule has 0 spiro atoms. The number of ether oxygens (including phenoxy) is 2. The molecule has 2 atom stereocenters. The maximum atomic E-state index is 13.7. The van der Waals surface area contributed by atoms with E-state index >= 15 is 0 Å². The summed E-state index contributed by atoms with van der Waals surface area (Å²) in [6.07, 6.45) is 1.46. The van der Waals surface area contributed by atoms with Crippen molar-refractivity contribution >= 4 is 35.6 Å². The number of benzene rings is 1. The minimum atomic E-state index is -1.10. The lowest BCUT2D eigenvalue weighted by Crippen LogP contribution is -2.53. The number of likely N-dealkylation sites (N-methyl/N-ethyl adjacent to an activating group) is 1. The average molecular weight is 526 g/mol. The Kier molecular flexibility index (Phi) is 13.1. The van der Waals surface area contributed by atoms with Gasteiger partial charge in [0.15, 0.2) is 0 Å². The molecule has 0 aliphatic rings.